The molecule has 0 radical (unpaired) electrons. The van der Waals surface area contributed by atoms with E-state index in [-0.39, 0.29) is 11.7 Å². The first-order valence-corrected chi connectivity index (χ1v) is 9.83. The number of methoxy groups -OCH3 is 1. The first kappa shape index (κ1) is 18.6. The van der Waals surface area contributed by atoms with E-state index < -0.39 is 0 Å². The molecule has 2 heterocycles. The summed E-state index contributed by atoms with van der Waals surface area (Å²) >= 11 is 6.69. The fraction of sp³-hybridized carbons (Fsp3) is 0.143. The van der Waals surface area contributed by atoms with E-state index in [1.165, 1.54) is 22.7 Å². The van der Waals surface area contributed by atoms with Crippen molar-refractivity contribution in [3.8, 4) is 11.5 Å². The van der Waals surface area contributed by atoms with Gasteiger partial charge in [-0.25, -0.2) is 0 Å². The zero-order valence-corrected chi connectivity index (χ0v) is 17.2. The second-order valence-corrected chi connectivity index (χ2v) is 8.15. The van der Waals surface area contributed by atoms with Crippen LogP contribution >= 0.6 is 24.0 Å². The van der Waals surface area contributed by atoms with E-state index in [2.05, 4.69) is 4.57 Å². The molecule has 0 bridgehead atoms. The minimum Gasteiger partial charge on any atom is -0.508 e. The average molecular weight is 411 g/mol. The lowest BCUT2D eigenvalue weighted by atomic mass is 10.1. The quantitative estimate of drug-likeness (QED) is 0.505. The van der Waals surface area contributed by atoms with E-state index in [0.29, 0.717) is 14.9 Å². The molecule has 1 aliphatic heterocycles. The second-order valence-electron chi connectivity index (χ2n) is 6.48. The maximum absolute atomic E-state index is 13.0. The van der Waals surface area contributed by atoms with Gasteiger partial charge in [0.2, 0.25) is 0 Å². The predicted octanol–water partition coefficient (Wildman–Crippen LogP) is 4.61. The van der Waals surface area contributed by atoms with E-state index in [0.717, 1.165) is 27.9 Å². The molecule has 0 atom stereocenters. The minimum atomic E-state index is -0.195. The molecule has 1 saturated heterocycles. The van der Waals surface area contributed by atoms with Gasteiger partial charge in [0.25, 0.3) is 5.91 Å². The number of nitrogens with zero attached hydrogens (tertiary/aromatic N) is 2. The predicted molar refractivity (Wildman–Crippen MR) is 118 cm³/mol. The molecule has 0 saturated carbocycles. The normalized spacial score (nSPS) is 15.8. The summed E-state index contributed by atoms with van der Waals surface area (Å²) in [5.74, 6) is 0.660. The van der Waals surface area contributed by atoms with Crippen LogP contribution in [0, 0.1) is 6.92 Å². The Morgan fingerprint density at radius 3 is 2.71 bits per heavy atom. The summed E-state index contributed by atoms with van der Waals surface area (Å²) in [6, 6.07) is 12.4. The molecule has 1 N–H and O–H groups in total. The van der Waals surface area contributed by atoms with Crippen LogP contribution in [-0.4, -0.2) is 27.0 Å². The number of hydrogen-bond donors (Lipinski definition) is 1. The molecule has 7 heteroatoms. The summed E-state index contributed by atoms with van der Waals surface area (Å²) in [5, 5.41) is 10.8. The van der Waals surface area contributed by atoms with Gasteiger partial charge in [0.1, 0.15) is 11.5 Å². The Bertz CT molecular complexity index is 1160. The number of rotatable bonds is 3. The van der Waals surface area contributed by atoms with Gasteiger partial charge in [-0.05, 0) is 43.3 Å². The third kappa shape index (κ3) is 2.96. The van der Waals surface area contributed by atoms with E-state index in [9.17, 15) is 9.90 Å². The minimum absolute atomic E-state index is 0.0903. The van der Waals surface area contributed by atoms with Gasteiger partial charge in [-0.2, -0.15) is 0 Å². The summed E-state index contributed by atoms with van der Waals surface area (Å²) in [5.41, 5.74) is 3.63. The lowest BCUT2D eigenvalue weighted by molar-refractivity contribution is -0.113. The number of thioether (sulfide) groups is 1. The highest BCUT2D eigenvalue weighted by atomic mass is 32.2. The van der Waals surface area contributed by atoms with Gasteiger partial charge in [-0.3, -0.25) is 9.69 Å². The Labute approximate surface area is 172 Å². The molecule has 2 aromatic carbocycles. The van der Waals surface area contributed by atoms with Crippen LogP contribution in [0.5, 0.6) is 11.5 Å². The number of aromatic nitrogens is 1. The van der Waals surface area contributed by atoms with Crippen LogP contribution in [0.15, 0.2) is 47.4 Å². The number of phenols is 1. The largest absolute Gasteiger partial charge is 0.508 e. The van der Waals surface area contributed by atoms with Gasteiger partial charge in [0.15, 0.2) is 4.32 Å². The van der Waals surface area contributed by atoms with Gasteiger partial charge in [0.05, 0.1) is 17.7 Å². The summed E-state index contributed by atoms with van der Waals surface area (Å²) in [7, 11) is 3.64. The first-order chi connectivity index (χ1) is 13.4. The first-order valence-electron chi connectivity index (χ1n) is 8.60. The molecule has 5 nitrogen and oxygen atoms in total. The zero-order valence-electron chi connectivity index (χ0n) is 15.6. The molecular weight excluding hydrogens is 392 g/mol. The van der Waals surface area contributed by atoms with Crippen molar-refractivity contribution in [3.05, 3.63) is 58.6 Å². The standard InChI is InChI=1S/C21H18N2O3S2/c1-12-16(17-10-15(26-3)7-8-18(17)22(12)2)11-19-20(25)23(21(27)28-19)13-5-4-6-14(24)9-13/h4-11,24H,1-3H3. The number of phenolic OH excluding ortho intramolecular Hbond substituents is 1. The third-order valence-corrected chi connectivity index (χ3v) is 6.21. The van der Waals surface area contributed by atoms with E-state index in [1.54, 1.807) is 25.3 Å². The van der Waals surface area contributed by atoms with Crippen molar-refractivity contribution in [2.45, 2.75) is 6.92 Å². The molecule has 0 aliphatic carbocycles. The zero-order chi connectivity index (χ0) is 20.0. The van der Waals surface area contributed by atoms with Crippen molar-refractivity contribution in [2.75, 3.05) is 12.0 Å². The topological polar surface area (TPSA) is 54.7 Å². The number of aryl methyl sites for hydroxylation is 1. The Morgan fingerprint density at radius 2 is 2.00 bits per heavy atom. The maximum atomic E-state index is 13.0. The van der Waals surface area contributed by atoms with Gasteiger partial charge in [-0.15, -0.1) is 0 Å². The van der Waals surface area contributed by atoms with Crippen LogP contribution in [-0.2, 0) is 11.8 Å². The number of hydrogen-bond acceptors (Lipinski definition) is 5. The van der Waals surface area contributed by atoms with Crippen molar-refractivity contribution >= 4 is 56.9 Å². The van der Waals surface area contributed by atoms with Crippen molar-refractivity contribution in [1.82, 2.24) is 4.57 Å². The molecular formula is C21H18N2O3S2. The molecule has 4 rings (SSSR count). The molecule has 142 valence electrons. The van der Waals surface area contributed by atoms with Crippen LogP contribution in [0.4, 0.5) is 5.69 Å². The van der Waals surface area contributed by atoms with Crippen LogP contribution in [0.2, 0.25) is 0 Å². The van der Waals surface area contributed by atoms with Gasteiger partial charge in [0, 0.05) is 35.3 Å². The third-order valence-electron chi connectivity index (χ3n) is 4.91. The number of carbonyl (C=O) groups is 1. The number of anilines is 1. The lowest BCUT2D eigenvalue weighted by Crippen LogP contribution is -2.27. The fourth-order valence-corrected chi connectivity index (χ4v) is 4.62. The molecule has 1 aromatic heterocycles. The highest BCUT2D eigenvalue weighted by Crippen LogP contribution is 2.39. The average Bonchev–Trinajstić information content (AvgIpc) is 3.09. The fourth-order valence-electron chi connectivity index (χ4n) is 3.34. The van der Waals surface area contributed by atoms with Crippen LogP contribution in [0.25, 0.3) is 17.0 Å². The van der Waals surface area contributed by atoms with Gasteiger partial charge in [-0.1, -0.05) is 30.0 Å². The maximum Gasteiger partial charge on any atom is 0.270 e. The lowest BCUT2D eigenvalue weighted by Gasteiger charge is -2.14. The van der Waals surface area contributed by atoms with Crippen molar-refractivity contribution in [2.24, 2.45) is 7.05 Å². The number of amides is 1. The molecule has 28 heavy (non-hydrogen) atoms. The van der Waals surface area contributed by atoms with Crippen molar-refractivity contribution < 1.29 is 14.6 Å². The molecule has 3 aromatic rings. The SMILES string of the molecule is COc1ccc2c(c1)c(C=C1SC(=S)N(c3cccc(O)c3)C1=O)c(C)n2C. The number of fused-ring (bicyclic) bond motifs is 1. The van der Waals surface area contributed by atoms with E-state index >= 15 is 0 Å². The number of carbonyl (C=O) groups excluding carboxylic acids is 1. The molecule has 1 aliphatic rings. The molecule has 0 spiro atoms. The monoisotopic (exact) mass is 410 g/mol. The van der Waals surface area contributed by atoms with Gasteiger partial charge >= 0.3 is 0 Å². The number of aromatic hydroxyl groups is 1. The highest BCUT2D eigenvalue weighted by Gasteiger charge is 2.33. The number of benzene rings is 2. The molecule has 0 unspecified atom stereocenters. The number of ether oxygens (including phenoxy) is 1. The Kier molecular flexibility index (Phi) is 4.64. The summed E-state index contributed by atoms with van der Waals surface area (Å²) in [6.07, 6.45) is 1.89. The van der Waals surface area contributed by atoms with Crippen LogP contribution < -0.4 is 9.64 Å². The van der Waals surface area contributed by atoms with Crippen LogP contribution in [0.3, 0.4) is 0 Å². The van der Waals surface area contributed by atoms with Gasteiger partial charge < -0.3 is 14.4 Å². The second kappa shape index (κ2) is 7.00. The summed E-state index contributed by atoms with van der Waals surface area (Å²) in [6.45, 7) is 2.02. The Hall–Kier alpha value is -2.77. The molecule has 1 fully saturated rings. The summed E-state index contributed by atoms with van der Waals surface area (Å²) in [4.78, 5) is 15.0. The Morgan fingerprint density at radius 1 is 1.21 bits per heavy atom. The van der Waals surface area contributed by atoms with Crippen molar-refractivity contribution in [1.29, 1.82) is 0 Å². The van der Waals surface area contributed by atoms with Crippen LogP contribution in [0.1, 0.15) is 11.3 Å². The smallest absolute Gasteiger partial charge is 0.270 e. The van der Waals surface area contributed by atoms with E-state index in [1.807, 2.05) is 38.2 Å². The molecule has 1 amide bonds. The van der Waals surface area contributed by atoms with E-state index in [4.69, 9.17) is 17.0 Å². The van der Waals surface area contributed by atoms with Crippen molar-refractivity contribution in [3.63, 3.8) is 0 Å². The Balaban J connectivity index is 1.81. The number of thiocarbonyl (C=S) groups is 1. The summed E-state index contributed by atoms with van der Waals surface area (Å²) < 4.78 is 7.90. The highest BCUT2D eigenvalue weighted by molar-refractivity contribution is 8.27.